The summed E-state index contributed by atoms with van der Waals surface area (Å²) in [6, 6.07) is 17.2. The van der Waals surface area contributed by atoms with Gasteiger partial charge in [-0.15, -0.1) is 11.3 Å². The minimum atomic E-state index is 0.770. The molecule has 3 heteroatoms. The van der Waals surface area contributed by atoms with Crippen molar-refractivity contribution in [1.29, 1.82) is 0 Å². The van der Waals surface area contributed by atoms with Gasteiger partial charge in [0.25, 0.3) is 0 Å². The average Bonchev–Trinajstić information content (AvgIpc) is 3.26. The van der Waals surface area contributed by atoms with Crippen LogP contribution in [-0.2, 0) is 0 Å². The van der Waals surface area contributed by atoms with Crippen molar-refractivity contribution in [2.24, 2.45) is 0 Å². The number of hydrogen-bond acceptors (Lipinski definition) is 3. The Balaban J connectivity index is 1.50. The van der Waals surface area contributed by atoms with Crippen molar-refractivity contribution in [3.8, 4) is 16.9 Å². The number of thiophene rings is 1. The molecule has 1 aromatic heterocycles. The van der Waals surface area contributed by atoms with E-state index in [1.54, 1.807) is 11.3 Å². The fourth-order valence-corrected chi connectivity index (χ4v) is 4.11. The van der Waals surface area contributed by atoms with E-state index in [1.165, 1.54) is 47.1 Å². The summed E-state index contributed by atoms with van der Waals surface area (Å²) in [6.07, 6.45) is 2.67. The fourth-order valence-electron chi connectivity index (χ4n) is 3.30. The summed E-state index contributed by atoms with van der Waals surface area (Å²) >= 11 is 1.79. The molecule has 0 N–H and O–H groups in total. The zero-order chi connectivity index (χ0) is 15.5. The molecule has 1 saturated heterocycles. The van der Waals surface area contributed by atoms with Gasteiger partial charge in [0, 0.05) is 16.6 Å². The normalized spacial score (nSPS) is 15.3. The SMILES string of the molecule is c1cc(OCCN2CCCC2)cc(-c2cccc3sccc23)c1. The van der Waals surface area contributed by atoms with Crippen LogP contribution in [0.2, 0.25) is 0 Å². The number of nitrogens with zero attached hydrogens (tertiary/aromatic N) is 1. The molecule has 2 aromatic carbocycles. The summed E-state index contributed by atoms with van der Waals surface area (Å²) in [7, 11) is 0. The summed E-state index contributed by atoms with van der Waals surface area (Å²) < 4.78 is 7.32. The molecule has 1 aliphatic rings. The Bertz CT molecular complexity index is 789. The molecule has 0 saturated carbocycles. The summed E-state index contributed by atoms with van der Waals surface area (Å²) in [4.78, 5) is 2.48. The lowest BCUT2D eigenvalue weighted by Gasteiger charge is -2.15. The van der Waals surface area contributed by atoms with Crippen LogP contribution >= 0.6 is 11.3 Å². The van der Waals surface area contributed by atoms with Crippen molar-refractivity contribution < 1.29 is 4.74 Å². The Morgan fingerprint density at radius 3 is 2.78 bits per heavy atom. The molecule has 118 valence electrons. The number of ether oxygens (including phenoxy) is 1. The summed E-state index contributed by atoms with van der Waals surface area (Å²) in [6.45, 7) is 4.25. The van der Waals surface area contributed by atoms with Crippen molar-refractivity contribution >= 4 is 21.4 Å². The highest BCUT2D eigenvalue weighted by atomic mass is 32.1. The first-order chi connectivity index (χ1) is 11.4. The van der Waals surface area contributed by atoms with Gasteiger partial charge in [-0.3, -0.25) is 4.90 Å². The van der Waals surface area contributed by atoms with Crippen LogP contribution in [0.3, 0.4) is 0 Å². The highest BCUT2D eigenvalue weighted by Crippen LogP contribution is 2.33. The van der Waals surface area contributed by atoms with Crippen LogP contribution in [0.5, 0.6) is 5.75 Å². The molecule has 0 unspecified atom stereocenters. The molecule has 2 nitrogen and oxygen atoms in total. The van der Waals surface area contributed by atoms with E-state index in [0.29, 0.717) is 0 Å². The molecular formula is C20H21NOS. The van der Waals surface area contributed by atoms with Crippen molar-refractivity contribution in [2.45, 2.75) is 12.8 Å². The first-order valence-electron chi connectivity index (χ1n) is 8.32. The van der Waals surface area contributed by atoms with Gasteiger partial charge in [0.15, 0.2) is 0 Å². The van der Waals surface area contributed by atoms with Gasteiger partial charge in [-0.25, -0.2) is 0 Å². The Kier molecular flexibility index (Phi) is 4.31. The molecule has 23 heavy (non-hydrogen) atoms. The number of benzene rings is 2. The third-order valence-corrected chi connectivity index (χ3v) is 5.40. The van der Waals surface area contributed by atoms with Gasteiger partial charge in [0.05, 0.1) is 0 Å². The molecular weight excluding hydrogens is 302 g/mol. The maximum Gasteiger partial charge on any atom is 0.119 e. The Hall–Kier alpha value is -1.84. The largest absolute Gasteiger partial charge is 0.492 e. The van der Waals surface area contributed by atoms with Gasteiger partial charge < -0.3 is 4.74 Å². The lowest BCUT2D eigenvalue weighted by molar-refractivity contribution is 0.238. The zero-order valence-electron chi connectivity index (χ0n) is 13.2. The molecule has 0 aliphatic carbocycles. The molecule has 0 radical (unpaired) electrons. The smallest absolute Gasteiger partial charge is 0.119 e. The zero-order valence-corrected chi connectivity index (χ0v) is 14.0. The minimum absolute atomic E-state index is 0.770. The Labute approximate surface area is 141 Å². The molecule has 3 aromatic rings. The van der Waals surface area contributed by atoms with Crippen molar-refractivity contribution in [2.75, 3.05) is 26.2 Å². The van der Waals surface area contributed by atoms with Gasteiger partial charge in [0.1, 0.15) is 12.4 Å². The lowest BCUT2D eigenvalue weighted by atomic mass is 10.0. The van der Waals surface area contributed by atoms with E-state index in [-0.39, 0.29) is 0 Å². The van der Waals surface area contributed by atoms with Gasteiger partial charge in [-0.05, 0) is 66.7 Å². The summed E-state index contributed by atoms with van der Waals surface area (Å²) in [5.41, 5.74) is 2.52. The van der Waals surface area contributed by atoms with Gasteiger partial charge >= 0.3 is 0 Å². The molecule has 1 fully saturated rings. The summed E-state index contributed by atoms with van der Waals surface area (Å²) in [5, 5.41) is 3.48. The topological polar surface area (TPSA) is 12.5 Å². The molecule has 0 bridgehead atoms. The van der Waals surface area contributed by atoms with E-state index >= 15 is 0 Å². The van der Waals surface area contributed by atoms with E-state index in [9.17, 15) is 0 Å². The minimum Gasteiger partial charge on any atom is -0.492 e. The molecule has 0 atom stereocenters. The second-order valence-corrected chi connectivity index (χ2v) is 7.01. The standard InChI is InChI=1S/C20H21NOS/c1-2-11-21(10-1)12-13-22-17-6-3-5-16(15-17)18-7-4-8-20-19(18)9-14-23-20/h3-9,14-15H,1-2,10-13H2. The second-order valence-electron chi connectivity index (χ2n) is 6.06. The lowest BCUT2D eigenvalue weighted by Crippen LogP contribution is -2.25. The highest BCUT2D eigenvalue weighted by Gasteiger charge is 2.11. The second kappa shape index (κ2) is 6.73. The van der Waals surface area contributed by atoms with Crippen LogP contribution in [0, 0.1) is 0 Å². The molecule has 4 rings (SSSR count). The van der Waals surface area contributed by atoms with E-state index in [0.717, 1.165) is 18.9 Å². The van der Waals surface area contributed by atoms with E-state index in [1.807, 2.05) is 0 Å². The number of rotatable bonds is 5. The highest BCUT2D eigenvalue weighted by molar-refractivity contribution is 7.17. The van der Waals surface area contributed by atoms with Crippen LogP contribution in [-0.4, -0.2) is 31.1 Å². The third kappa shape index (κ3) is 3.26. The number of likely N-dealkylation sites (tertiary alicyclic amines) is 1. The van der Waals surface area contributed by atoms with Gasteiger partial charge in [-0.2, -0.15) is 0 Å². The van der Waals surface area contributed by atoms with Crippen LogP contribution in [0.1, 0.15) is 12.8 Å². The maximum atomic E-state index is 5.98. The van der Waals surface area contributed by atoms with Crippen molar-refractivity contribution in [1.82, 2.24) is 4.90 Å². The van der Waals surface area contributed by atoms with Crippen LogP contribution in [0.4, 0.5) is 0 Å². The monoisotopic (exact) mass is 323 g/mol. The predicted octanol–water partition coefficient (Wildman–Crippen LogP) is 5.04. The predicted molar refractivity (Wildman–Crippen MR) is 98.4 cm³/mol. The van der Waals surface area contributed by atoms with E-state index in [4.69, 9.17) is 4.74 Å². The van der Waals surface area contributed by atoms with Gasteiger partial charge in [0.2, 0.25) is 0 Å². The quantitative estimate of drug-likeness (QED) is 0.652. The molecule has 2 heterocycles. The fraction of sp³-hybridized carbons (Fsp3) is 0.300. The molecule has 0 amide bonds. The number of fused-ring (bicyclic) bond motifs is 1. The van der Waals surface area contributed by atoms with E-state index in [2.05, 4.69) is 58.8 Å². The van der Waals surface area contributed by atoms with Crippen LogP contribution in [0.15, 0.2) is 53.9 Å². The van der Waals surface area contributed by atoms with E-state index < -0.39 is 0 Å². The third-order valence-electron chi connectivity index (χ3n) is 4.52. The Morgan fingerprint density at radius 2 is 1.87 bits per heavy atom. The first kappa shape index (κ1) is 14.7. The molecule has 1 aliphatic heterocycles. The van der Waals surface area contributed by atoms with Gasteiger partial charge in [-0.1, -0.05) is 24.3 Å². The van der Waals surface area contributed by atoms with Crippen LogP contribution in [0.25, 0.3) is 21.2 Å². The van der Waals surface area contributed by atoms with Crippen molar-refractivity contribution in [3.63, 3.8) is 0 Å². The van der Waals surface area contributed by atoms with Crippen LogP contribution < -0.4 is 4.74 Å². The Morgan fingerprint density at radius 1 is 1.00 bits per heavy atom. The number of hydrogen-bond donors (Lipinski definition) is 0. The first-order valence-corrected chi connectivity index (χ1v) is 9.20. The van der Waals surface area contributed by atoms with Crippen molar-refractivity contribution in [3.05, 3.63) is 53.9 Å². The summed E-state index contributed by atoms with van der Waals surface area (Å²) in [5.74, 6) is 0.967. The molecule has 0 spiro atoms. The average molecular weight is 323 g/mol. The maximum absolute atomic E-state index is 5.98.